The minimum atomic E-state index is -0.339. The third kappa shape index (κ3) is 3.29. The highest BCUT2D eigenvalue weighted by molar-refractivity contribution is 6.30. The minimum Gasteiger partial charge on any atom is -0.320 e. The third-order valence-electron chi connectivity index (χ3n) is 5.29. The summed E-state index contributed by atoms with van der Waals surface area (Å²) in [6.45, 7) is 0.894. The molecule has 29 heavy (non-hydrogen) atoms. The molecule has 0 saturated heterocycles. The fraction of sp³-hybridized carbons (Fsp3) is 0.227. The molecule has 1 saturated carbocycles. The quantitative estimate of drug-likeness (QED) is 0.510. The second kappa shape index (κ2) is 7.04. The Morgan fingerprint density at radius 1 is 1.03 bits per heavy atom. The predicted octanol–water partition coefficient (Wildman–Crippen LogP) is 3.46. The summed E-state index contributed by atoms with van der Waals surface area (Å²) in [5.74, 6) is 0.395. The molecule has 0 atom stereocenters. The number of aromatic nitrogens is 4. The second-order valence-electron chi connectivity index (χ2n) is 7.49. The highest BCUT2D eigenvalue weighted by atomic mass is 35.5. The Hall–Kier alpha value is -3.12. The Morgan fingerprint density at radius 3 is 2.55 bits per heavy atom. The van der Waals surface area contributed by atoms with Crippen LogP contribution in [0.4, 0.5) is 0 Å². The SMILES string of the molecule is O=c1c2c(ncn2Cc2cccc(Cl)c2)n(-c2ccccc2)c(=O)n1CC1CC1. The Balaban J connectivity index is 1.75. The zero-order valence-electron chi connectivity index (χ0n) is 15.7. The van der Waals surface area contributed by atoms with Crippen LogP contribution in [0.2, 0.25) is 5.02 Å². The molecule has 0 N–H and O–H groups in total. The molecule has 0 aliphatic heterocycles. The van der Waals surface area contributed by atoms with Gasteiger partial charge >= 0.3 is 5.69 Å². The van der Waals surface area contributed by atoms with E-state index < -0.39 is 0 Å². The van der Waals surface area contributed by atoms with E-state index in [4.69, 9.17) is 11.6 Å². The van der Waals surface area contributed by atoms with Crippen molar-refractivity contribution in [3.05, 3.63) is 92.3 Å². The largest absolute Gasteiger partial charge is 0.337 e. The van der Waals surface area contributed by atoms with Crippen LogP contribution in [0.5, 0.6) is 0 Å². The van der Waals surface area contributed by atoms with E-state index in [2.05, 4.69) is 4.98 Å². The van der Waals surface area contributed by atoms with E-state index in [1.807, 2.05) is 54.6 Å². The predicted molar refractivity (Wildman–Crippen MR) is 113 cm³/mol. The molecule has 1 fully saturated rings. The van der Waals surface area contributed by atoms with E-state index in [9.17, 15) is 9.59 Å². The normalized spacial score (nSPS) is 13.8. The number of benzene rings is 2. The number of hydrogen-bond acceptors (Lipinski definition) is 3. The van der Waals surface area contributed by atoms with Crippen molar-refractivity contribution >= 4 is 22.8 Å². The van der Waals surface area contributed by atoms with Gasteiger partial charge in [0.1, 0.15) is 0 Å². The molecule has 6 nitrogen and oxygen atoms in total. The molecule has 146 valence electrons. The van der Waals surface area contributed by atoms with Crippen LogP contribution in [-0.4, -0.2) is 18.7 Å². The van der Waals surface area contributed by atoms with Gasteiger partial charge in [-0.1, -0.05) is 41.9 Å². The van der Waals surface area contributed by atoms with Gasteiger partial charge in [0.05, 0.1) is 12.0 Å². The minimum absolute atomic E-state index is 0.288. The van der Waals surface area contributed by atoms with Gasteiger partial charge < -0.3 is 4.57 Å². The van der Waals surface area contributed by atoms with Crippen LogP contribution in [0.3, 0.4) is 0 Å². The van der Waals surface area contributed by atoms with E-state index >= 15 is 0 Å². The van der Waals surface area contributed by atoms with Crippen molar-refractivity contribution in [1.82, 2.24) is 18.7 Å². The summed E-state index contributed by atoms with van der Waals surface area (Å²) < 4.78 is 4.70. The van der Waals surface area contributed by atoms with Crippen molar-refractivity contribution in [2.75, 3.05) is 0 Å². The van der Waals surface area contributed by atoms with E-state index in [0.29, 0.717) is 40.9 Å². The molecular weight excluding hydrogens is 388 g/mol. The van der Waals surface area contributed by atoms with Crippen LogP contribution in [0.1, 0.15) is 18.4 Å². The van der Waals surface area contributed by atoms with Crippen LogP contribution >= 0.6 is 11.6 Å². The van der Waals surface area contributed by atoms with Gasteiger partial charge in [0.25, 0.3) is 5.56 Å². The van der Waals surface area contributed by atoms with Gasteiger partial charge in [-0.2, -0.15) is 0 Å². The van der Waals surface area contributed by atoms with Crippen molar-refractivity contribution in [2.45, 2.75) is 25.9 Å². The maximum atomic E-state index is 13.3. The average molecular weight is 407 g/mol. The first-order valence-electron chi connectivity index (χ1n) is 9.62. The Kier molecular flexibility index (Phi) is 4.36. The van der Waals surface area contributed by atoms with E-state index in [1.165, 1.54) is 9.13 Å². The fourth-order valence-corrected chi connectivity index (χ4v) is 3.87. The number of hydrogen-bond donors (Lipinski definition) is 0. The molecule has 1 aliphatic carbocycles. The first-order valence-corrected chi connectivity index (χ1v) is 10.00. The average Bonchev–Trinajstić information content (AvgIpc) is 3.45. The van der Waals surface area contributed by atoms with E-state index in [0.717, 1.165) is 18.4 Å². The lowest BCUT2D eigenvalue weighted by Crippen LogP contribution is -2.40. The summed E-state index contributed by atoms with van der Waals surface area (Å²) >= 11 is 6.11. The van der Waals surface area contributed by atoms with Crippen LogP contribution in [0.25, 0.3) is 16.9 Å². The third-order valence-corrected chi connectivity index (χ3v) is 5.53. The fourth-order valence-electron chi connectivity index (χ4n) is 3.66. The molecule has 2 heterocycles. The topological polar surface area (TPSA) is 61.8 Å². The van der Waals surface area contributed by atoms with Gasteiger partial charge in [0.15, 0.2) is 11.2 Å². The lowest BCUT2D eigenvalue weighted by molar-refractivity contribution is 0.567. The van der Waals surface area contributed by atoms with Crippen molar-refractivity contribution < 1.29 is 0 Å². The van der Waals surface area contributed by atoms with E-state index in [-0.39, 0.29) is 11.2 Å². The van der Waals surface area contributed by atoms with Crippen LogP contribution in [0, 0.1) is 5.92 Å². The molecule has 0 bridgehead atoms. The molecule has 0 spiro atoms. The number of halogens is 1. The number of rotatable bonds is 5. The number of fused-ring (bicyclic) bond motifs is 1. The summed E-state index contributed by atoms with van der Waals surface area (Å²) in [5.41, 5.74) is 1.83. The highest BCUT2D eigenvalue weighted by Gasteiger charge is 2.26. The van der Waals surface area contributed by atoms with Crippen LogP contribution in [0.15, 0.2) is 70.5 Å². The van der Waals surface area contributed by atoms with Gasteiger partial charge in [-0.15, -0.1) is 0 Å². The molecule has 5 rings (SSSR count). The number of nitrogens with zero attached hydrogens (tertiary/aromatic N) is 4. The maximum Gasteiger partial charge on any atom is 0.337 e. The summed E-state index contributed by atoms with van der Waals surface area (Å²) in [7, 11) is 0. The molecule has 2 aromatic heterocycles. The Labute approximate surface area is 171 Å². The Bertz CT molecular complexity index is 1320. The van der Waals surface area contributed by atoms with Gasteiger partial charge in [0.2, 0.25) is 0 Å². The Morgan fingerprint density at radius 2 is 1.83 bits per heavy atom. The zero-order chi connectivity index (χ0) is 20.0. The summed E-state index contributed by atoms with van der Waals surface area (Å²) in [6.07, 6.45) is 3.72. The van der Waals surface area contributed by atoms with Gasteiger partial charge in [-0.3, -0.25) is 9.36 Å². The first kappa shape index (κ1) is 17.9. The van der Waals surface area contributed by atoms with Crippen molar-refractivity contribution in [2.24, 2.45) is 5.92 Å². The highest BCUT2D eigenvalue weighted by Crippen LogP contribution is 2.30. The van der Waals surface area contributed by atoms with Crippen LogP contribution in [-0.2, 0) is 13.1 Å². The van der Waals surface area contributed by atoms with Gasteiger partial charge in [-0.05, 0) is 48.6 Å². The molecule has 2 aromatic carbocycles. The molecule has 0 radical (unpaired) electrons. The van der Waals surface area contributed by atoms with Gasteiger partial charge in [-0.25, -0.2) is 14.3 Å². The lowest BCUT2D eigenvalue weighted by Gasteiger charge is -2.12. The number of imidazole rings is 1. The van der Waals surface area contributed by atoms with Crippen LogP contribution < -0.4 is 11.2 Å². The second-order valence-corrected chi connectivity index (χ2v) is 7.92. The van der Waals surface area contributed by atoms with Crippen molar-refractivity contribution in [1.29, 1.82) is 0 Å². The molecule has 1 aliphatic rings. The molecule has 4 aromatic rings. The molecule has 7 heteroatoms. The molecule has 0 amide bonds. The van der Waals surface area contributed by atoms with E-state index in [1.54, 1.807) is 10.9 Å². The standard InChI is InChI=1S/C22H19ClN4O2/c23-17-6-4-5-16(11-17)12-25-14-24-20-19(25)21(28)26(13-15-9-10-15)22(29)27(20)18-7-2-1-3-8-18/h1-8,11,14-15H,9-10,12-13H2. The monoisotopic (exact) mass is 406 g/mol. The zero-order valence-corrected chi connectivity index (χ0v) is 16.4. The molecule has 0 unspecified atom stereocenters. The molecular formula is C22H19ClN4O2. The first-order chi connectivity index (χ1) is 14.1. The summed E-state index contributed by atoms with van der Waals surface area (Å²) in [5, 5.41) is 0.638. The number of para-hydroxylation sites is 1. The maximum absolute atomic E-state index is 13.3. The van der Waals surface area contributed by atoms with Crippen molar-refractivity contribution in [3.8, 4) is 5.69 Å². The summed E-state index contributed by atoms with van der Waals surface area (Å²) in [4.78, 5) is 31.0. The lowest BCUT2D eigenvalue weighted by atomic mass is 10.2. The summed E-state index contributed by atoms with van der Waals surface area (Å²) in [6, 6.07) is 16.8. The smallest absolute Gasteiger partial charge is 0.320 e. The van der Waals surface area contributed by atoms with Gasteiger partial charge in [0, 0.05) is 18.1 Å². The van der Waals surface area contributed by atoms with Crippen molar-refractivity contribution in [3.63, 3.8) is 0 Å².